The lowest BCUT2D eigenvalue weighted by Gasteiger charge is -2.14. The molecule has 2 aliphatic carbocycles. The van der Waals surface area contributed by atoms with E-state index >= 15 is 0 Å². The van der Waals surface area contributed by atoms with Crippen LogP contribution in [0, 0.1) is 11.8 Å². The van der Waals surface area contributed by atoms with Gasteiger partial charge in [0.1, 0.15) is 23.0 Å². The van der Waals surface area contributed by atoms with E-state index in [2.05, 4.69) is 19.9 Å². The Kier molecular flexibility index (Phi) is 5.87. The Morgan fingerprint density at radius 2 is 1.31 bits per heavy atom. The Hall–Kier alpha value is -2.33. The van der Waals surface area contributed by atoms with Gasteiger partial charge in [-0.3, -0.25) is 0 Å². The first kappa shape index (κ1) is 22.8. The molecule has 32 heavy (non-hydrogen) atoms. The minimum absolute atomic E-state index is 0.109. The van der Waals surface area contributed by atoms with Gasteiger partial charge in [0.2, 0.25) is 11.8 Å². The third-order valence-electron chi connectivity index (χ3n) is 5.95. The fraction of sp³-hybridized carbons (Fsp3) is 0.619. The molecule has 174 valence electrons. The van der Waals surface area contributed by atoms with E-state index < -0.39 is 23.7 Å². The van der Waals surface area contributed by atoms with Crippen LogP contribution in [-0.4, -0.2) is 31.8 Å². The predicted octanol–water partition coefficient (Wildman–Crippen LogP) is 5.91. The van der Waals surface area contributed by atoms with Gasteiger partial charge in [-0.15, -0.1) is 0 Å². The van der Waals surface area contributed by atoms with Crippen LogP contribution in [0.3, 0.4) is 0 Å². The highest BCUT2D eigenvalue weighted by Crippen LogP contribution is 2.41. The maximum Gasteiger partial charge on any atom is 0.433 e. The van der Waals surface area contributed by atoms with Crippen molar-refractivity contribution < 1.29 is 30.7 Å². The highest BCUT2D eigenvalue weighted by molar-refractivity contribution is 5.49. The molecule has 2 fully saturated rings. The number of aromatic nitrogens is 4. The molecule has 0 bridgehead atoms. The van der Waals surface area contributed by atoms with Crippen molar-refractivity contribution in [1.29, 1.82) is 0 Å². The Labute approximate surface area is 179 Å². The van der Waals surface area contributed by atoms with Gasteiger partial charge in [0, 0.05) is 38.5 Å². The summed E-state index contributed by atoms with van der Waals surface area (Å²) < 4.78 is 93.5. The van der Waals surface area contributed by atoms with Crippen LogP contribution < -0.4 is 0 Å². The van der Waals surface area contributed by atoms with Gasteiger partial charge in [-0.2, -0.15) is 13.2 Å². The van der Waals surface area contributed by atoms with E-state index in [9.17, 15) is 30.7 Å². The molecule has 0 spiro atoms. The van der Waals surface area contributed by atoms with Crippen molar-refractivity contribution in [2.24, 2.45) is 11.8 Å². The Balaban J connectivity index is 1.64. The first-order valence-corrected chi connectivity index (χ1v) is 10.4. The molecular formula is C21H21F7N4. The van der Waals surface area contributed by atoms with Crippen LogP contribution in [0.2, 0.25) is 0 Å². The van der Waals surface area contributed by atoms with E-state index in [1.807, 2.05) is 0 Å². The topological polar surface area (TPSA) is 51.6 Å². The Morgan fingerprint density at radius 1 is 0.781 bits per heavy atom. The molecule has 11 heteroatoms. The second-order valence-corrected chi connectivity index (χ2v) is 8.74. The summed E-state index contributed by atoms with van der Waals surface area (Å²) in [7, 11) is 0. The number of halogens is 7. The zero-order valence-electron chi connectivity index (χ0n) is 17.0. The molecule has 4 rings (SSSR count). The molecule has 2 unspecified atom stereocenters. The standard InChI is InChI=1S/C21H21F7N4/c22-19(23)6-4-12(10-19)8-16-30-17(9-13-5-7-20(24,25)11-13)32-18(31-16)14-2-1-3-15(29-14)21(26,27)28/h1-3,12-13H,4-11H2. The van der Waals surface area contributed by atoms with Crippen LogP contribution in [0.25, 0.3) is 11.5 Å². The average molecular weight is 462 g/mol. The number of nitrogens with zero attached hydrogens (tertiary/aromatic N) is 4. The third-order valence-corrected chi connectivity index (χ3v) is 5.95. The van der Waals surface area contributed by atoms with Crippen LogP contribution in [-0.2, 0) is 19.0 Å². The molecule has 2 aromatic heterocycles. The summed E-state index contributed by atoms with van der Waals surface area (Å²) in [5.41, 5.74) is -1.26. The van der Waals surface area contributed by atoms with Gasteiger partial charge in [0.25, 0.3) is 0 Å². The van der Waals surface area contributed by atoms with E-state index in [-0.39, 0.29) is 86.4 Å². The summed E-state index contributed by atoms with van der Waals surface area (Å²) in [6.45, 7) is 0. The van der Waals surface area contributed by atoms with Gasteiger partial charge in [0.15, 0.2) is 5.82 Å². The first-order chi connectivity index (χ1) is 14.9. The van der Waals surface area contributed by atoms with Gasteiger partial charge in [0.05, 0.1) is 0 Å². The molecule has 2 aliphatic rings. The van der Waals surface area contributed by atoms with Crippen molar-refractivity contribution in [3.05, 3.63) is 35.5 Å². The van der Waals surface area contributed by atoms with Crippen molar-refractivity contribution in [1.82, 2.24) is 19.9 Å². The summed E-state index contributed by atoms with van der Waals surface area (Å²) in [4.78, 5) is 16.3. The van der Waals surface area contributed by atoms with Crippen molar-refractivity contribution in [3.63, 3.8) is 0 Å². The third kappa shape index (κ3) is 5.53. The predicted molar refractivity (Wildman–Crippen MR) is 100 cm³/mol. The van der Waals surface area contributed by atoms with Crippen LogP contribution in [0.4, 0.5) is 30.7 Å². The molecule has 0 saturated heterocycles. The molecule has 2 heterocycles. The maximum absolute atomic E-state index is 13.6. The maximum atomic E-state index is 13.6. The van der Waals surface area contributed by atoms with E-state index in [1.165, 1.54) is 12.1 Å². The summed E-state index contributed by atoms with van der Waals surface area (Å²) in [6.07, 6.45) is -5.01. The summed E-state index contributed by atoms with van der Waals surface area (Å²) in [5, 5.41) is 0. The number of hydrogen-bond donors (Lipinski definition) is 0. The summed E-state index contributed by atoms with van der Waals surface area (Å²) in [5.74, 6) is -6.07. The van der Waals surface area contributed by atoms with Crippen LogP contribution in [0.1, 0.15) is 55.9 Å². The molecule has 0 aromatic carbocycles. The second-order valence-electron chi connectivity index (χ2n) is 8.74. The van der Waals surface area contributed by atoms with Gasteiger partial charge in [-0.25, -0.2) is 37.5 Å². The van der Waals surface area contributed by atoms with Crippen molar-refractivity contribution >= 4 is 0 Å². The number of rotatable bonds is 5. The summed E-state index contributed by atoms with van der Waals surface area (Å²) in [6, 6.07) is 3.29. The Bertz CT molecular complexity index is 931. The van der Waals surface area contributed by atoms with Gasteiger partial charge in [-0.05, 0) is 36.8 Å². The highest BCUT2D eigenvalue weighted by atomic mass is 19.4. The SMILES string of the molecule is FC1(F)CCC(Cc2nc(CC3CCC(F)(F)C3)nc(-c3cccc(C(F)(F)F)n3)n2)C1. The highest BCUT2D eigenvalue weighted by Gasteiger charge is 2.41. The minimum Gasteiger partial charge on any atom is -0.240 e. The molecule has 0 radical (unpaired) electrons. The lowest BCUT2D eigenvalue weighted by atomic mass is 10.0. The lowest BCUT2D eigenvalue weighted by molar-refractivity contribution is -0.141. The number of hydrogen-bond acceptors (Lipinski definition) is 4. The fourth-order valence-corrected chi connectivity index (χ4v) is 4.43. The zero-order chi connectivity index (χ0) is 23.1. The minimum atomic E-state index is -4.67. The fourth-order valence-electron chi connectivity index (χ4n) is 4.43. The molecule has 0 N–H and O–H groups in total. The van der Waals surface area contributed by atoms with E-state index in [1.54, 1.807) is 0 Å². The van der Waals surface area contributed by atoms with Crippen molar-refractivity contribution in [2.75, 3.05) is 0 Å². The molecule has 0 aliphatic heterocycles. The quantitative estimate of drug-likeness (QED) is 0.519. The monoisotopic (exact) mass is 462 g/mol. The van der Waals surface area contributed by atoms with Gasteiger partial charge >= 0.3 is 6.18 Å². The van der Waals surface area contributed by atoms with Crippen molar-refractivity contribution in [3.8, 4) is 11.5 Å². The molecule has 2 saturated carbocycles. The number of alkyl halides is 7. The molecule has 0 amide bonds. The smallest absolute Gasteiger partial charge is 0.240 e. The Morgan fingerprint density at radius 3 is 1.75 bits per heavy atom. The zero-order valence-corrected chi connectivity index (χ0v) is 17.0. The van der Waals surface area contributed by atoms with E-state index in [4.69, 9.17) is 0 Å². The van der Waals surface area contributed by atoms with Crippen LogP contribution in [0.15, 0.2) is 18.2 Å². The summed E-state index contributed by atoms with van der Waals surface area (Å²) >= 11 is 0. The average Bonchev–Trinajstić information content (AvgIpc) is 3.21. The first-order valence-electron chi connectivity index (χ1n) is 10.4. The second kappa shape index (κ2) is 8.22. The lowest BCUT2D eigenvalue weighted by Crippen LogP contribution is -2.15. The van der Waals surface area contributed by atoms with Gasteiger partial charge < -0.3 is 0 Å². The van der Waals surface area contributed by atoms with Crippen molar-refractivity contribution in [2.45, 2.75) is 69.4 Å². The van der Waals surface area contributed by atoms with E-state index in [0.29, 0.717) is 0 Å². The normalized spacial score (nSPS) is 24.7. The molecular weight excluding hydrogens is 441 g/mol. The van der Waals surface area contributed by atoms with Crippen LogP contribution in [0.5, 0.6) is 0 Å². The van der Waals surface area contributed by atoms with Crippen LogP contribution >= 0.6 is 0 Å². The van der Waals surface area contributed by atoms with Gasteiger partial charge in [-0.1, -0.05) is 6.07 Å². The molecule has 2 aromatic rings. The largest absolute Gasteiger partial charge is 0.433 e. The number of pyridine rings is 1. The molecule has 4 nitrogen and oxygen atoms in total. The molecule has 2 atom stereocenters. The van der Waals surface area contributed by atoms with E-state index in [0.717, 1.165) is 6.07 Å².